The smallest absolute Gasteiger partial charge is 0.261 e. The van der Waals surface area contributed by atoms with Crippen molar-refractivity contribution in [2.45, 2.75) is 32.2 Å². The highest BCUT2D eigenvalue weighted by Crippen LogP contribution is 2.27. The van der Waals surface area contributed by atoms with E-state index in [-0.39, 0.29) is 30.0 Å². The maximum atomic E-state index is 12.5. The van der Waals surface area contributed by atoms with Crippen molar-refractivity contribution in [3.8, 4) is 0 Å². The molecule has 0 bridgehead atoms. The summed E-state index contributed by atoms with van der Waals surface area (Å²) in [6.07, 6.45) is 4.34. The second kappa shape index (κ2) is 7.26. The molecule has 30 heavy (non-hydrogen) atoms. The number of hydrogen-bond acceptors (Lipinski definition) is 4. The predicted molar refractivity (Wildman–Crippen MR) is 116 cm³/mol. The number of hydrogen-bond donors (Lipinski definition) is 2. The number of nitrogens with one attached hydrogen (secondary N) is 2. The Morgan fingerprint density at radius 3 is 2.80 bits per heavy atom. The summed E-state index contributed by atoms with van der Waals surface area (Å²) in [6.45, 7) is 0.237. The summed E-state index contributed by atoms with van der Waals surface area (Å²) in [4.78, 5) is 44.4. The number of amides is 1. The number of aromatic nitrogens is 3. The Labute approximate surface area is 171 Å². The van der Waals surface area contributed by atoms with Crippen molar-refractivity contribution < 1.29 is 4.79 Å². The van der Waals surface area contributed by atoms with Crippen molar-refractivity contribution in [2.24, 2.45) is 0 Å². The fourth-order valence-electron chi connectivity index (χ4n) is 4.19. The molecule has 4 aromatic rings. The summed E-state index contributed by atoms with van der Waals surface area (Å²) in [5.74, 6) is -0.210. The van der Waals surface area contributed by atoms with Gasteiger partial charge in [0.15, 0.2) is 0 Å². The molecule has 2 aromatic heterocycles. The van der Waals surface area contributed by atoms with Gasteiger partial charge in [-0.25, -0.2) is 4.98 Å². The van der Waals surface area contributed by atoms with Gasteiger partial charge in [-0.2, -0.15) is 0 Å². The third kappa shape index (κ3) is 3.18. The highest BCUT2D eigenvalue weighted by molar-refractivity contribution is 5.94. The van der Waals surface area contributed by atoms with E-state index >= 15 is 0 Å². The molecule has 5 rings (SSSR count). The van der Waals surface area contributed by atoms with Crippen molar-refractivity contribution in [2.75, 3.05) is 5.32 Å². The Kier molecular flexibility index (Phi) is 4.43. The standard InChI is InChI=1S/C23H20N4O3/c28-21(10-11-27-13-24-19-7-2-1-4-18(19)23(27)30)25-14-8-9-16-15-5-3-6-17(15)22(29)26-20(16)12-14/h1-2,4,7-9,12-13H,3,5-6,10-11H2,(H,25,28)(H,26,29). The number of aryl methyl sites for hydroxylation is 2. The molecule has 0 atom stereocenters. The van der Waals surface area contributed by atoms with Gasteiger partial charge >= 0.3 is 0 Å². The molecule has 7 nitrogen and oxygen atoms in total. The van der Waals surface area contributed by atoms with E-state index in [0.29, 0.717) is 16.6 Å². The van der Waals surface area contributed by atoms with Crippen LogP contribution in [0.5, 0.6) is 0 Å². The van der Waals surface area contributed by atoms with Gasteiger partial charge in [0.05, 0.1) is 22.7 Å². The van der Waals surface area contributed by atoms with Crippen molar-refractivity contribution in [1.82, 2.24) is 14.5 Å². The molecule has 0 saturated carbocycles. The Hall–Kier alpha value is -3.74. The number of benzene rings is 2. The zero-order chi connectivity index (χ0) is 20.7. The summed E-state index contributed by atoms with van der Waals surface area (Å²) in [6, 6.07) is 12.7. The number of carbonyl (C=O) groups excluding carboxylic acids is 1. The molecular weight excluding hydrogens is 380 g/mol. The third-order valence-corrected chi connectivity index (χ3v) is 5.68. The second-order valence-corrected chi connectivity index (χ2v) is 7.58. The monoisotopic (exact) mass is 400 g/mol. The van der Waals surface area contributed by atoms with E-state index in [9.17, 15) is 14.4 Å². The zero-order valence-corrected chi connectivity index (χ0v) is 16.3. The van der Waals surface area contributed by atoms with Crippen LogP contribution in [0.2, 0.25) is 0 Å². The molecule has 0 unspecified atom stereocenters. The van der Waals surface area contributed by atoms with Crippen LogP contribution in [0.4, 0.5) is 5.69 Å². The topological polar surface area (TPSA) is 96.8 Å². The molecule has 2 N–H and O–H groups in total. The van der Waals surface area contributed by atoms with E-state index in [0.717, 1.165) is 41.3 Å². The minimum absolute atomic E-state index is 0.0401. The van der Waals surface area contributed by atoms with E-state index in [1.54, 1.807) is 24.3 Å². The van der Waals surface area contributed by atoms with Crippen molar-refractivity contribution in [3.63, 3.8) is 0 Å². The van der Waals surface area contributed by atoms with E-state index < -0.39 is 0 Å². The number of pyridine rings is 1. The highest BCUT2D eigenvalue weighted by atomic mass is 16.2. The molecule has 0 radical (unpaired) electrons. The maximum Gasteiger partial charge on any atom is 0.261 e. The first-order valence-electron chi connectivity index (χ1n) is 10.0. The first kappa shape index (κ1) is 18.3. The Balaban J connectivity index is 1.33. The number of para-hydroxylation sites is 1. The fourth-order valence-corrected chi connectivity index (χ4v) is 4.19. The Morgan fingerprint density at radius 1 is 1.07 bits per heavy atom. The number of carbonyl (C=O) groups is 1. The minimum atomic E-state index is -0.210. The van der Waals surface area contributed by atoms with Gasteiger partial charge in [-0.1, -0.05) is 18.2 Å². The molecule has 1 aliphatic rings. The molecule has 2 heterocycles. The van der Waals surface area contributed by atoms with Gasteiger partial charge in [0.25, 0.3) is 11.1 Å². The van der Waals surface area contributed by atoms with E-state index in [2.05, 4.69) is 15.3 Å². The molecule has 7 heteroatoms. The van der Waals surface area contributed by atoms with Crippen LogP contribution in [0.15, 0.2) is 58.4 Å². The molecule has 2 aromatic carbocycles. The number of anilines is 1. The number of fused-ring (bicyclic) bond motifs is 4. The number of aromatic amines is 1. The number of rotatable bonds is 4. The molecule has 150 valence electrons. The molecule has 0 aliphatic heterocycles. The van der Waals surface area contributed by atoms with Crippen LogP contribution < -0.4 is 16.4 Å². The summed E-state index contributed by atoms with van der Waals surface area (Å²) in [7, 11) is 0. The lowest BCUT2D eigenvalue weighted by Crippen LogP contribution is -2.23. The average Bonchev–Trinajstić information content (AvgIpc) is 3.24. The van der Waals surface area contributed by atoms with Gasteiger partial charge in [0.2, 0.25) is 5.91 Å². The van der Waals surface area contributed by atoms with Gasteiger partial charge in [-0.15, -0.1) is 0 Å². The lowest BCUT2D eigenvalue weighted by Gasteiger charge is -2.10. The third-order valence-electron chi connectivity index (χ3n) is 5.68. The van der Waals surface area contributed by atoms with Crippen molar-refractivity contribution in [3.05, 3.63) is 80.6 Å². The summed E-state index contributed by atoms with van der Waals surface area (Å²) < 4.78 is 1.45. The van der Waals surface area contributed by atoms with Crippen molar-refractivity contribution >= 4 is 33.4 Å². The predicted octanol–water partition coefficient (Wildman–Crippen LogP) is 2.76. The van der Waals surface area contributed by atoms with Gasteiger partial charge in [0, 0.05) is 29.6 Å². The largest absolute Gasteiger partial charge is 0.326 e. The minimum Gasteiger partial charge on any atom is -0.326 e. The van der Waals surface area contributed by atoms with Crippen molar-refractivity contribution in [1.29, 1.82) is 0 Å². The first-order chi connectivity index (χ1) is 14.6. The lowest BCUT2D eigenvalue weighted by molar-refractivity contribution is -0.116. The Bertz CT molecular complexity index is 1420. The first-order valence-corrected chi connectivity index (χ1v) is 10.0. The lowest BCUT2D eigenvalue weighted by atomic mass is 10.1. The summed E-state index contributed by atoms with van der Waals surface area (Å²) >= 11 is 0. The van der Waals surface area contributed by atoms with Gasteiger partial charge in [0.1, 0.15) is 0 Å². The SMILES string of the molecule is O=C(CCn1cnc2ccccc2c1=O)Nc1ccc2c3c(c(=O)[nH]c2c1)CCC3. The van der Waals surface area contributed by atoms with Gasteiger partial charge in [-0.05, 0) is 49.1 Å². The van der Waals surface area contributed by atoms with E-state index in [1.165, 1.54) is 10.9 Å². The number of nitrogens with zero attached hydrogens (tertiary/aromatic N) is 2. The van der Waals surface area contributed by atoms with Crippen LogP contribution in [-0.2, 0) is 24.2 Å². The zero-order valence-electron chi connectivity index (χ0n) is 16.3. The maximum absolute atomic E-state index is 12.5. The molecular formula is C23H20N4O3. The fraction of sp³-hybridized carbons (Fsp3) is 0.217. The summed E-state index contributed by atoms with van der Waals surface area (Å²) in [5, 5.41) is 4.42. The second-order valence-electron chi connectivity index (χ2n) is 7.58. The number of H-pyrrole nitrogens is 1. The van der Waals surface area contributed by atoms with Gasteiger partial charge in [-0.3, -0.25) is 19.0 Å². The molecule has 0 spiro atoms. The van der Waals surface area contributed by atoms with Crippen LogP contribution in [0.1, 0.15) is 24.0 Å². The Morgan fingerprint density at radius 2 is 1.90 bits per heavy atom. The van der Waals surface area contributed by atoms with Crippen LogP contribution >= 0.6 is 0 Å². The normalized spacial score (nSPS) is 12.9. The summed E-state index contributed by atoms with van der Waals surface area (Å²) in [5.41, 5.74) is 3.79. The molecule has 0 fully saturated rings. The van der Waals surface area contributed by atoms with Crippen LogP contribution in [-0.4, -0.2) is 20.4 Å². The van der Waals surface area contributed by atoms with Crippen LogP contribution in [0, 0.1) is 0 Å². The molecule has 0 saturated heterocycles. The van der Waals surface area contributed by atoms with E-state index in [1.807, 2.05) is 18.2 Å². The highest BCUT2D eigenvalue weighted by Gasteiger charge is 2.18. The van der Waals surface area contributed by atoms with Crippen LogP contribution in [0.3, 0.4) is 0 Å². The average molecular weight is 400 g/mol. The molecule has 1 amide bonds. The van der Waals surface area contributed by atoms with Crippen LogP contribution in [0.25, 0.3) is 21.8 Å². The van der Waals surface area contributed by atoms with Gasteiger partial charge < -0.3 is 10.3 Å². The quantitative estimate of drug-likeness (QED) is 0.550. The van der Waals surface area contributed by atoms with E-state index in [4.69, 9.17) is 0 Å². The molecule has 1 aliphatic carbocycles.